The number of hydrogen-bond acceptors (Lipinski definition) is 2. The molecule has 0 unspecified atom stereocenters. The minimum atomic E-state index is -0.777. The summed E-state index contributed by atoms with van der Waals surface area (Å²) in [5.74, 6) is -0.815. The van der Waals surface area contributed by atoms with Crippen molar-refractivity contribution < 1.29 is 13.9 Å². The molecule has 3 nitrogen and oxygen atoms in total. The first-order valence-electron chi connectivity index (χ1n) is 10.2. The summed E-state index contributed by atoms with van der Waals surface area (Å²) in [5, 5.41) is 11.3. The van der Waals surface area contributed by atoms with Crippen molar-refractivity contribution in [3.05, 3.63) is 71.3 Å². The van der Waals surface area contributed by atoms with Gasteiger partial charge in [-0.2, -0.15) is 0 Å². The van der Waals surface area contributed by atoms with Crippen LogP contribution in [0.25, 0.3) is 5.52 Å². The van der Waals surface area contributed by atoms with Gasteiger partial charge in [0.1, 0.15) is 0 Å². The highest BCUT2D eigenvalue weighted by molar-refractivity contribution is 5.50. The zero-order valence-corrected chi connectivity index (χ0v) is 15.7. The number of fused-ring (bicyclic) bond motifs is 1. The minimum absolute atomic E-state index is 0.0195. The van der Waals surface area contributed by atoms with Crippen LogP contribution in [0, 0.1) is 17.6 Å². The maximum atomic E-state index is 14.2. The second-order valence-electron chi connectivity index (χ2n) is 8.34. The van der Waals surface area contributed by atoms with Crippen molar-refractivity contribution in [1.82, 2.24) is 9.38 Å². The van der Waals surface area contributed by atoms with Crippen molar-refractivity contribution in [3.8, 4) is 0 Å². The predicted octanol–water partition coefficient (Wildman–Crippen LogP) is 5.50. The Bertz CT molecular complexity index is 1000. The summed E-state index contributed by atoms with van der Waals surface area (Å²) in [6.45, 7) is 0. The van der Waals surface area contributed by atoms with Gasteiger partial charge < -0.3 is 9.51 Å². The van der Waals surface area contributed by atoms with Gasteiger partial charge in [-0.15, -0.1) is 0 Å². The third kappa shape index (κ3) is 3.02. The molecule has 146 valence electrons. The maximum absolute atomic E-state index is 14.2. The van der Waals surface area contributed by atoms with Gasteiger partial charge in [-0.1, -0.05) is 18.2 Å². The average Bonchev–Trinajstić information content (AvgIpc) is 3.45. The second kappa shape index (κ2) is 6.96. The monoisotopic (exact) mass is 382 g/mol. The Kier molecular flexibility index (Phi) is 4.43. The van der Waals surface area contributed by atoms with E-state index in [1.807, 2.05) is 10.6 Å². The summed E-state index contributed by atoms with van der Waals surface area (Å²) < 4.78 is 29.8. The van der Waals surface area contributed by atoms with Gasteiger partial charge in [0, 0.05) is 0 Å². The molecule has 0 bridgehead atoms. The normalized spacial score (nSPS) is 23.8. The molecule has 5 heteroatoms. The summed E-state index contributed by atoms with van der Waals surface area (Å²) in [6.07, 6.45) is 8.52. The van der Waals surface area contributed by atoms with Crippen LogP contribution in [-0.2, 0) is 0 Å². The molecule has 0 radical (unpaired) electrons. The van der Waals surface area contributed by atoms with E-state index >= 15 is 0 Å². The van der Waals surface area contributed by atoms with Crippen molar-refractivity contribution in [1.29, 1.82) is 0 Å². The largest absolute Gasteiger partial charge is 0.387 e. The van der Waals surface area contributed by atoms with E-state index in [2.05, 4.69) is 17.1 Å². The van der Waals surface area contributed by atoms with Crippen molar-refractivity contribution in [3.63, 3.8) is 0 Å². The van der Waals surface area contributed by atoms with Gasteiger partial charge in [0.15, 0.2) is 11.6 Å². The van der Waals surface area contributed by atoms with Gasteiger partial charge in [0.05, 0.1) is 29.8 Å². The fourth-order valence-electron chi connectivity index (χ4n) is 4.89. The molecule has 2 aliphatic rings. The standard InChI is InChI=1S/C23H24F2N2O/c24-20-3-1-2-18(21(20)25)14-6-8-16(9-7-14)23(28)22-19(15-4-5-15)11-10-17-12-26-13-27(17)22/h1-3,10-16,23,28H,4-9H2/t14?,16?,23-/m1/s1. The number of nitrogens with zero attached hydrogens (tertiary/aromatic N) is 2. The van der Waals surface area contributed by atoms with E-state index in [1.54, 1.807) is 18.5 Å². The summed E-state index contributed by atoms with van der Waals surface area (Å²) in [7, 11) is 0. The van der Waals surface area contributed by atoms with Crippen LogP contribution in [0.4, 0.5) is 8.78 Å². The Morgan fingerprint density at radius 2 is 1.64 bits per heavy atom. The van der Waals surface area contributed by atoms with E-state index in [1.165, 1.54) is 24.5 Å². The Balaban J connectivity index is 1.39. The van der Waals surface area contributed by atoms with E-state index in [0.717, 1.165) is 36.9 Å². The summed E-state index contributed by atoms with van der Waals surface area (Å²) >= 11 is 0. The summed E-state index contributed by atoms with van der Waals surface area (Å²) in [4.78, 5) is 4.25. The molecule has 5 rings (SSSR count). The zero-order valence-electron chi connectivity index (χ0n) is 15.7. The molecular weight excluding hydrogens is 358 g/mol. The second-order valence-corrected chi connectivity index (χ2v) is 8.34. The topological polar surface area (TPSA) is 37.5 Å². The van der Waals surface area contributed by atoms with E-state index in [0.29, 0.717) is 11.5 Å². The third-order valence-electron chi connectivity index (χ3n) is 6.59. The molecule has 1 aromatic carbocycles. The quantitative estimate of drug-likeness (QED) is 0.647. The molecule has 2 heterocycles. The third-order valence-corrected chi connectivity index (χ3v) is 6.59. The zero-order chi connectivity index (χ0) is 19.3. The lowest BCUT2D eigenvalue weighted by molar-refractivity contribution is 0.0751. The molecule has 2 fully saturated rings. The predicted molar refractivity (Wildman–Crippen MR) is 103 cm³/mol. The number of halogens is 2. The Labute approximate surface area is 163 Å². The maximum Gasteiger partial charge on any atom is 0.162 e. The number of pyridine rings is 1. The van der Waals surface area contributed by atoms with Gasteiger partial charge in [-0.05, 0) is 79.5 Å². The Hall–Kier alpha value is -2.27. The number of rotatable bonds is 4. The van der Waals surface area contributed by atoms with Gasteiger partial charge >= 0.3 is 0 Å². The Morgan fingerprint density at radius 1 is 0.929 bits per heavy atom. The van der Waals surface area contributed by atoms with Crippen LogP contribution in [0.1, 0.15) is 73.3 Å². The van der Waals surface area contributed by atoms with E-state index in [9.17, 15) is 13.9 Å². The first-order valence-corrected chi connectivity index (χ1v) is 10.2. The van der Waals surface area contributed by atoms with E-state index in [4.69, 9.17) is 0 Å². The molecule has 2 aromatic heterocycles. The molecule has 2 aliphatic carbocycles. The molecule has 0 aliphatic heterocycles. The van der Waals surface area contributed by atoms with Gasteiger partial charge in [-0.25, -0.2) is 13.8 Å². The lowest BCUT2D eigenvalue weighted by Gasteiger charge is -2.33. The fourth-order valence-corrected chi connectivity index (χ4v) is 4.89. The average molecular weight is 382 g/mol. The minimum Gasteiger partial charge on any atom is -0.387 e. The first-order chi connectivity index (χ1) is 13.6. The molecule has 0 amide bonds. The fraction of sp³-hybridized carbons (Fsp3) is 0.435. The van der Waals surface area contributed by atoms with Gasteiger partial charge in [-0.3, -0.25) is 0 Å². The molecule has 1 atom stereocenters. The summed E-state index contributed by atoms with van der Waals surface area (Å²) in [5.41, 5.74) is 3.67. The van der Waals surface area contributed by atoms with Crippen LogP contribution in [-0.4, -0.2) is 14.5 Å². The van der Waals surface area contributed by atoms with Crippen molar-refractivity contribution in [2.75, 3.05) is 0 Å². The lowest BCUT2D eigenvalue weighted by atomic mass is 9.75. The highest BCUT2D eigenvalue weighted by Crippen LogP contribution is 2.47. The van der Waals surface area contributed by atoms with Gasteiger partial charge in [0.2, 0.25) is 0 Å². The van der Waals surface area contributed by atoms with E-state index < -0.39 is 17.7 Å². The van der Waals surface area contributed by atoms with Crippen LogP contribution < -0.4 is 0 Å². The lowest BCUT2D eigenvalue weighted by Crippen LogP contribution is -2.23. The van der Waals surface area contributed by atoms with Crippen LogP contribution in [0.15, 0.2) is 42.9 Å². The van der Waals surface area contributed by atoms with Crippen LogP contribution >= 0.6 is 0 Å². The number of benzene rings is 1. The van der Waals surface area contributed by atoms with Crippen LogP contribution in [0.2, 0.25) is 0 Å². The van der Waals surface area contributed by atoms with Crippen molar-refractivity contribution in [2.24, 2.45) is 5.92 Å². The highest BCUT2D eigenvalue weighted by atomic mass is 19.2. The Morgan fingerprint density at radius 3 is 2.39 bits per heavy atom. The van der Waals surface area contributed by atoms with Crippen molar-refractivity contribution in [2.45, 2.75) is 56.5 Å². The van der Waals surface area contributed by atoms with Gasteiger partial charge in [0.25, 0.3) is 0 Å². The molecule has 0 spiro atoms. The first kappa shape index (κ1) is 17.8. The molecule has 0 saturated heterocycles. The molecule has 1 N–H and O–H groups in total. The highest BCUT2D eigenvalue weighted by Gasteiger charge is 2.35. The van der Waals surface area contributed by atoms with Crippen molar-refractivity contribution >= 4 is 5.52 Å². The molecule has 3 aromatic rings. The number of aromatic nitrogens is 2. The number of aliphatic hydroxyl groups is 1. The molecular formula is C23H24F2N2O. The number of imidazole rings is 1. The van der Waals surface area contributed by atoms with E-state index in [-0.39, 0.29) is 11.8 Å². The molecule has 2 saturated carbocycles. The number of hydrogen-bond donors (Lipinski definition) is 1. The summed E-state index contributed by atoms with van der Waals surface area (Å²) in [6, 6.07) is 8.65. The number of aliphatic hydroxyl groups excluding tert-OH is 1. The smallest absolute Gasteiger partial charge is 0.162 e. The van der Waals surface area contributed by atoms with Crippen LogP contribution in [0.5, 0.6) is 0 Å². The molecule has 28 heavy (non-hydrogen) atoms. The van der Waals surface area contributed by atoms with Crippen LogP contribution in [0.3, 0.4) is 0 Å². The SMILES string of the molecule is O[C@@H](c1c(C2CC2)ccc2cncn12)C1CCC(c2cccc(F)c2F)CC1.